The Hall–Kier alpha value is -3.44. The van der Waals surface area contributed by atoms with Crippen LogP contribution in [-0.4, -0.2) is 64.1 Å². The van der Waals surface area contributed by atoms with Gasteiger partial charge < -0.3 is 28.6 Å². The van der Waals surface area contributed by atoms with E-state index in [0.29, 0.717) is 4.90 Å². The molecule has 0 fully saturated rings. The number of carbonyl (C=O) groups excluding carboxylic acids is 2. The van der Waals surface area contributed by atoms with Crippen molar-refractivity contribution in [2.75, 3.05) is 32.5 Å². The lowest BCUT2D eigenvalue weighted by Crippen LogP contribution is -2.43. The first kappa shape index (κ1) is 28.8. The second-order valence-electron chi connectivity index (χ2n) is 6.58. The Morgan fingerprint density at radius 1 is 0.833 bits per heavy atom. The summed E-state index contributed by atoms with van der Waals surface area (Å²) in [5.74, 6) is -5.58. The highest BCUT2D eigenvalue weighted by atomic mass is 19.4. The van der Waals surface area contributed by atoms with Gasteiger partial charge in [0.05, 0.1) is 32.1 Å². The zero-order valence-corrected chi connectivity index (χ0v) is 17.7. The molecule has 0 aliphatic carbocycles. The van der Waals surface area contributed by atoms with Crippen molar-refractivity contribution in [2.45, 2.75) is 24.6 Å². The number of rotatable bonds is 7. The first-order valence-electron chi connectivity index (χ1n) is 9.02. The van der Waals surface area contributed by atoms with Crippen LogP contribution in [-0.2, 0) is 23.8 Å². The van der Waals surface area contributed by atoms with Crippen molar-refractivity contribution >= 4 is 17.6 Å². The van der Waals surface area contributed by atoms with E-state index < -0.39 is 78.3 Å². The van der Waals surface area contributed by atoms with Gasteiger partial charge in [0.15, 0.2) is 5.75 Å². The van der Waals surface area contributed by atoms with E-state index in [4.69, 9.17) is 4.74 Å². The van der Waals surface area contributed by atoms with Crippen molar-refractivity contribution in [3.63, 3.8) is 0 Å². The molecule has 0 saturated carbocycles. The maximum Gasteiger partial charge on any atom is 0.499 e. The first-order valence-corrected chi connectivity index (χ1v) is 9.02. The number of carbonyl (C=O) groups is 2. The summed E-state index contributed by atoms with van der Waals surface area (Å²) in [5.41, 5.74) is -2.73. The number of hydrogen-bond donors (Lipinski definition) is 0. The van der Waals surface area contributed by atoms with E-state index in [9.17, 15) is 53.5 Å². The average Bonchev–Trinajstić information content (AvgIpc) is 2.76. The van der Waals surface area contributed by atoms with Crippen molar-refractivity contribution in [1.29, 1.82) is 0 Å². The number of methoxy groups -OCH3 is 2. The number of alkyl halides is 10. The Kier molecular flexibility index (Phi) is 7.92. The molecule has 0 radical (unpaired) electrons. The monoisotopic (exact) mass is 545 g/mol. The molecule has 0 saturated heterocycles. The fraction of sp³-hybridized carbons (Fsp3) is 0.444. The number of ether oxygens (including phenoxy) is 5. The lowest BCUT2D eigenvalue weighted by molar-refractivity contribution is -0.361. The molecule has 0 amide bonds. The van der Waals surface area contributed by atoms with Crippen LogP contribution in [0.2, 0.25) is 0 Å². The molecule has 1 aromatic rings. The van der Waals surface area contributed by atoms with Gasteiger partial charge in [-0.3, -0.25) is 0 Å². The molecule has 1 heterocycles. The minimum absolute atomic E-state index is 0.119. The lowest BCUT2D eigenvalue weighted by Gasteiger charge is -2.33. The maximum atomic E-state index is 13.6. The van der Waals surface area contributed by atoms with E-state index in [2.05, 4.69) is 18.9 Å². The van der Waals surface area contributed by atoms with Crippen LogP contribution >= 0.6 is 0 Å². The number of anilines is 1. The van der Waals surface area contributed by atoms with Crippen molar-refractivity contribution in [3.8, 4) is 11.5 Å². The van der Waals surface area contributed by atoms with Crippen LogP contribution in [0.5, 0.6) is 11.5 Å². The molecule has 0 bridgehead atoms. The Bertz CT molecular complexity index is 1040. The minimum Gasteiger partial charge on any atom is -0.466 e. The molecule has 202 valence electrons. The summed E-state index contributed by atoms with van der Waals surface area (Å²) in [5, 5.41) is 0. The minimum atomic E-state index is -6.31. The topological polar surface area (TPSA) is 83.5 Å². The third-order valence-electron chi connectivity index (χ3n) is 4.20. The van der Waals surface area contributed by atoms with Crippen molar-refractivity contribution in [2.24, 2.45) is 0 Å². The molecule has 0 aromatic heterocycles. The van der Waals surface area contributed by atoms with Crippen LogP contribution in [0.25, 0.3) is 0 Å². The summed E-state index contributed by atoms with van der Waals surface area (Å²) >= 11 is 0. The molecule has 36 heavy (non-hydrogen) atoms. The molecule has 0 atom stereocenters. The fourth-order valence-electron chi connectivity index (χ4n) is 2.59. The van der Waals surface area contributed by atoms with Gasteiger partial charge in [0, 0.05) is 6.07 Å². The Morgan fingerprint density at radius 3 is 1.86 bits per heavy atom. The number of hydrogen-bond acceptors (Lipinski definition) is 8. The number of nitrogens with zero attached hydrogens (tertiary/aromatic N) is 1. The van der Waals surface area contributed by atoms with Gasteiger partial charge in [-0.15, -0.1) is 0 Å². The van der Waals surface area contributed by atoms with Gasteiger partial charge in [0.1, 0.15) is 18.2 Å². The molecule has 2 rings (SSSR count). The molecule has 8 nitrogen and oxygen atoms in total. The van der Waals surface area contributed by atoms with E-state index in [1.165, 1.54) is 0 Å². The van der Waals surface area contributed by atoms with E-state index in [0.717, 1.165) is 14.2 Å². The highest BCUT2D eigenvalue weighted by Crippen LogP contribution is 2.45. The predicted octanol–water partition coefficient (Wildman–Crippen LogP) is 4.15. The van der Waals surface area contributed by atoms with Crippen LogP contribution in [0.3, 0.4) is 0 Å². The molecule has 0 unspecified atom stereocenters. The summed E-state index contributed by atoms with van der Waals surface area (Å²) in [6.07, 6.45) is -24.3. The summed E-state index contributed by atoms with van der Waals surface area (Å²) in [4.78, 5) is 24.7. The molecular formula is C18H13F10NO7. The second-order valence-corrected chi connectivity index (χ2v) is 6.58. The standard InChI is InChI=1S/C18H13F10NO7/c1-32-13(30)9-6-34-7-29(12(9)14(31)33-2)10-5-8(35-17(25,26)15(19,20)21)3-4-11(10)36-18(27,28)16(22,23)24/h3-5H,6-7H2,1-2H3. The average molecular weight is 545 g/mol. The lowest BCUT2D eigenvalue weighted by atomic mass is 10.1. The zero-order valence-electron chi connectivity index (χ0n) is 17.7. The maximum absolute atomic E-state index is 13.6. The highest BCUT2D eigenvalue weighted by molar-refractivity contribution is 6.03. The van der Waals surface area contributed by atoms with E-state index in [-0.39, 0.29) is 18.2 Å². The van der Waals surface area contributed by atoms with Gasteiger partial charge in [-0.25, -0.2) is 9.59 Å². The van der Waals surface area contributed by atoms with Crippen molar-refractivity contribution < 1.29 is 77.2 Å². The number of esters is 2. The van der Waals surface area contributed by atoms with E-state index >= 15 is 0 Å². The molecule has 1 aromatic carbocycles. The van der Waals surface area contributed by atoms with Gasteiger partial charge >= 0.3 is 36.5 Å². The largest absolute Gasteiger partial charge is 0.499 e. The van der Waals surface area contributed by atoms with Crippen molar-refractivity contribution in [1.82, 2.24) is 0 Å². The first-order chi connectivity index (χ1) is 16.4. The highest BCUT2D eigenvalue weighted by Gasteiger charge is 2.62. The van der Waals surface area contributed by atoms with E-state index in [1.807, 2.05) is 0 Å². The SMILES string of the molecule is COC(=O)C1=C(C(=O)OC)N(c2cc(OC(F)(F)C(F)(F)F)ccc2OC(F)(F)C(F)(F)F)COC1. The fourth-order valence-corrected chi connectivity index (χ4v) is 2.59. The van der Waals surface area contributed by atoms with Crippen LogP contribution < -0.4 is 14.4 Å². The third kappa shape index (κ3) is 5.85. The smallest absolute Gasteiger partial charge is 0.466 e. The van der Waals surface area contributed by atoms with Gasteiger partial charge in [-0.1, -0.05) is 0 Å². The molecule has 18 heteroatoms. The summed E-state index contributed by atoms with van der Waals surface area (Å²) in [7, 11) is 1.62. The van der Waals surface area contributed by atoms with Gasteiger partial charge in [-0.2, -0.15) is 43.9 Å². The molecule has 1 aliphatic heterocycles. The summed E-state index contributed by atoms with van der Waals surface area (Å²) in [6.45, 7) is -1.61. The second kappa shape index (κ2) is 9.90. The molecule has 1 aliphatic rings. The van der Waals surface area contributed by atoms with Crippen molar-refractivity contribution in [3.05, 3.63) is 29.5 Å². The van der Waals surface area contributed by atoms with Gasteiger partial charge in [0.2, 0.25) is 0 Å². The molecular weight excluding hydrogens is 532 g/mol. The Morgan fingerprint density at radius 2 is 1.36 bits per heavy atom. The van der Waals surface area contributed by atoms with Crippen LogP contribution in [0.1, 0.15) is 0 Å². The summed E-state index contributed by atoms with van der Waals surface area (Å²) < 4.78 is 151. The number of halogens is 10. The third-order valence-corrected chi connectivity index (χ3v) is 4.20. The zero-order chi connectivity index (χ0) is 27.7. The normalized spacial score (nSPS) is 15.5. The number of benzene rings is 1. The van der Waals surface area contributed by atoms with Crippen LogP contribution in [0, 0.1) is 0 Å². The van der Waals surface area contributed by atoms with Crippen LogP contribution in [0.15, 0.2) is 29.5 Å². The van der Waals surface area contributed by atoms with E-state index in [1.54, 1.807) is 0 Å². The van der Waals surface area contributed by atoms with Gasteiger partial charge in [-0.05, 0) is 12.1 Å². The quantitative estimate of drug-likeness (QED) is 0.374. The van der Waals surface area contributed by atoms with Crippen LogP contribution in [0.4, 0.5) is 49.6 Å². The van der Waals surface area contributed by atoms with Gasteiger partial charge in [0.25, 0.3) is 0 Å². The molecule has 0 spiro atoms. The predicted molar refractivity (Wildman–Crippen MR) is 94.1 cm³/mol. The Balaban J connectivity index is 2.76. The Labute approximate surface area is 193 Å². The summed E-state index contributed by atoms with van der Waals surface area (Å²) in [6, 6.07) is 0.421. The molecule has 0 N–H and O–H groups in total.